The van der Waals surface area contributed by atoms with E-state index < -0.39 is 4.92 Å². The molecular weight excluding hydrogens is 346 g/mol. The highest BCUT2D eigenvalue weighted by atomic mass is 16.6. The molecule has 1 aromatic carbocycles. The maximum Gasteiger partial charge on any atom is 0.287 e. The molecule has 0 atom stereocenters. The molecule has 0 fully saturated rings. The summed E-state index contributed by atoms with van der Waals surface area (Å²) in [5.74, 6) is 0.438. The van der Waals surface area contributed by atoms with E-state index in [0.717, 1.165) is 11.3 Å². The van der Waals surface area contributed by atoms with Gasteiger partial charge in [-0.25, -0.2) is 4.98 Å². The third-order valence-corrected chi connectivity index (χ3v) is 3.99. The van der Waals surface area contributed by atoms with Gasteiger partial charge in [0.25, 0.3) is 11.6 Å². The number of carbonyl (C=O) groups excluding carboxylic acids is 1. The van der Waals surface area contributed by atoms with Gasteiger partial charge in [0.2, 0.25) is 0 Å². The van der Waals surface area contributed by atoms with Gasteiger partial charge in [0.15, 0.2) is 0 Å². The summed E-state index contributed by atoms with van der Waals surface area (Å²) in [6.07, 6.45) is 4.38. The van der Waals surface area contributed by atoms with Gasteiger partial charge >= 0.3 is 0 Å². The number of aromatic nitrogens is 2. The van der Waals surface area contributed by atoms with Crippen molar-refractivity contribution in [1.82, 2.24) is 9.97 Å². The predicted molar refractivity (Wildman–Crippen MR) is 102 cm³/mol. The SMILES string of the molecule is CN(C(=O)c1ccncc1)c1ccc(CNc2ccc([N+](=O)[O-])cn2)cc1. The van der Waals surface area contributed by atoms with Crippen LogP contribution in [0.4, 0.5) is 17.2 Å². The highest BCUT2D eigenvalue weighted by Gasteiger charge is 2.13. The van der Waals surface area contributed by atoms with Gasteiger partial charge in [-0.05, 0) is 35.9 Å². The zero-order valence-electron chi connectivity index (χ0n) is 14.6. The minimum Gasteiger partial charge on any atom is -0.366 e. The molecule has 3 rings (SSSR count). The van der Waals surface area contributed by atoms with Crippen LogP contribution in [0.1, 0.15) is 15.9 Å². The third-order valence-electron chi connectivity index (χ3n) is 3.99. The van der Waals surface area contributed by atoms with Gasteiger partial charge in [-0.1, -0.05) is 12.1 Å². The quantitative estimate of drug-likeness (QED) is 0.533. The van der Waals surface area contributed by atoms with Gasteiger partial charge in [0.1, 0.15) is 12.0 Å². The van der Waals surface area contributed by atoms with Crippen molar-refractivity contribution in [3.05, 3.63) is 88.4 Å². The Morgan fingerprint density at radius 3 is 2.41 bits per heavy atom. The summed E-state index contributed by atoms with van der Waals surface area (Å²) in [5, 5.41) is 13.7. The van der Waals surface area contributed by atoms with Crippen molar-refractivity contribution < 1.29 is 9.72 Å². The van der Waals surface area contributed by atoms with Gasteiger partial charge in [0.05, 0.1) is 4.92 Å². The Hall–Kier alpha value is -3.81. The molecule has 1 amide bonds. The second-order valence-electron chi connectivity index (χ2n) is 5.78. The molecular formula is C19H17N5O3. The van der Waals surface area contributed by atoms with E-state index in [2.05, 4.69) is 15.3 Å². The second-order valence-corrected chi connectivity index (χ2v) is 5.78. The van der Waals surface area contributed by atoms with E-state index in [0.29, 0.717) is 17.9 Å². The number of anilines is 2. The first kappa shape index (κ1) is 18.0. The second kappa shape index (κ2) is 8.05. The van der Waals surface area contributed by atoms with Crippen molar-refractivity contribution in [1.29, 1.82) is 0 Å². The number of hydrogen-bond donors (Lipinski definition) is 1. The van der Waals surface area contributed by atoms with Crippen LogP contribution < -0.4 is 10.2 Å². The first-order valence-electron chi connectivity index (χ1n) is 8.16. The molecule has 1 N–H and O–H groups in total. The molecule has 2 heterocycles. The third kappa shape index (κ3) is 4.43. The van der Waals surface area contributed by atoms with E-state index >= 15 is 0 Å². The highest BCUT2D eigenvalue weighted by Crippen LogP contribution is 2.18. The van der Waals surface area contributed by atoms with Crippen LogP contribution in [0.25, 0.3) is 0 Å². The van der Waals surface area contributed by atoms with Crippen molar-refractivity contribution in [2.24, 2.45) is 0 Å². The first-order valence-corrected chi connectivity index (χ1v) is 8.16. The molecule has 0 aliphatic rings. The van der Waals surface area contributed by atoms with Crippen LogP contribution in [0.5, 0.6) is 0 Å². The Morgan fingerprint density at radius 2 is 1.81 bits per heavy atom. The minimum absolute atomic E-state index is 0.0493. The summed E-state index contributed by atoms with van der Waals surface area (Å²) in [4.78, 5) is 32.1. The molecule has 8 nitrogen and oxygen atoms in total. The van der Waals surface area contributed by atoms with Crippen LogP contribution >= 0.6 is 0 Å². The molecule has 136 valence electrons. The van der Waals surface area contributed by atoms with Gasteiger partial charge in [-0.2, -0.15) is 0 Å². The van der Waals surface area contributed by atoms with Gasteiger partial charge < -0.3 is 10.2 Å². The van der Waals surface area contributed by atoms with E-state index in [1.165, 1.54) is 12.3 Å². The lowest BCUT2D eigenvalue weighted by molar-refractivity contribution is -0.385. The molecule has 0 saturated heterocycles. The molecule has 0 spiro atoms. The normalized spacial score (nSPS) is 10.3. The molecule has 0 aliphatic heterocycles. The Kier molecular flexibility index (Phi) is 5.36. The molecule has 0 radical (unpaired) electrons. The summed E-state index contributed by atoms with van der Waals surface area (Å²) in [6, 6.07) is 13.8. The van der Waals surface area contributed by atoms with Crippen molar-refractivity contribution >= 4 is 23.1 Å². The van der Waals surface area contributed by atoms with Crippen LogP contribution in [0, 0.1) is 10.1 Å². The summed E-state index contributed by atoms with van der Waals surface area (Å²) in [7, 11) is 1.72. The van der Waals surface area contributed by atoms with Crippen molar-refractivity contribution in [3.63, 3.8) is 0 Å². The summed E-state index contributed by atoms with van der Waals surface area (Å²) < 4.78 is 0. The predicted octanol–water partition coefficient (Wildman–Crippen LogP) is 3.27. The summed E-state index contributed by atoms with van der Waals surface area (Å²) in [5.41, 5.74) is 2.28. The largest absolute Gasteiger partial charge is 0.366 e. The van der Waals surface area contributed by atoms with Crippen molar-refractivity contribution in [2.75, 3.05) is 17.3 Å². The maximum atomic E-state index is 12.4. The van der Waals surface area contributed by atoms with Crippen LogP contribution in [0.2, 0.25) is 0 Å². The molecule has 27 heavy (non-hydrogen) atoms. The van der Waals surface area contributed by atoms with E-state index in [-0.39, 0.29) is 11.6 Å². The van der Waals surface area contributed by atoms with Crippen molar-refractivity contribution in [2.45, 2.75) is 6.54 Å². The van der Waals surface area contributed by atoms with Crippen LogP contribution in [0.3, 0.4) is 0 Å². The molecule has 3 aromatic rings. The molecule has 0 bridgehead atoms. The summed E-state index contributed by atoms with van der Waals surface area (Å²) >= 11 is 0. The molecule has 0 aliphatic carbocycles. The molecule has 2 aromatic heterocycles. The fourth-order valence-electron chi connectivity index (χ4n) is 2.43. The van der Waals surface area contributed by atoms with Gasteiger partial charge in [-0.3, -0.25) is 19.9 Å². The molecule has 0 saturated carbocycles. The maximum absolute atomic E-state index is 12.4. The topological polar surface area (TPSA) is 101 Å². The number of pyridine rings is 2. The average Bonchev–Trinajstić information content (AvgIpc) is 2.72. The van der Waals surface area contributed by atoms with Crippen LogP contribution in [0.15, 0.2) is 67.1 Å². The van der Waals surface area contributed by atoms with Crippen molar-refractivity contribution in [3.8, 4) is 0 Å². The lowest BCUT2D eigenvalue weighted by Crippen LogP contribution is -2.26. The van der Waals surface area contributed by atoms with E-state index in [1.807, 2.05) is 24.3 Å². The Labute approximate surface area is 155 Å². The number of rotatable bonds is 6. The number of nitrogens with one attached hydrogen (secondary N) is 1. The minimum atomic E-state index is -0.487. The fourth-order valence-corrected chi connectivity index (χ4v) is 2.43. The standard InChI is InChI=1S/C19H17N5O3/c1-23(19(25)15-8-10-20-11-9-15)16-4-2-14(3-5-16)12-21-18-7-6-17(13-22-18)24(26)27/h2-11,13H,12H2,1H3,(H,21,22). The highest BCUT2D eigenvalue weighted by molar-refractivity contribution is 6.05. The zero-order valence-corrected chi connectivity index (χ0v) is 14.6. The molecule has 8 heteroatoms. The lowest BCUT2D eigenvalue weighted by Gasteiger charge is -2.17. The Bertz CT molecular complexity index is 928. The Balaban J connectivity index is 1.61. The van der Waals surface area contributed by atoms with E-state index in [4.69, 9.17) is 0 Å². The van der Waals surface area contributed by atoms with Gasteiger partial charge in [0, 0.05) is 43.3 Å². The monoisotopic (exact) mass is 363 g/mol. The van der Waals surface area contributed by atoms with Crippen LogP contribution in [-0.2, 0) is 6.54 Å². The lowest BCUT2D eigenvalue weighted by atomic mass is 10.1. The number of amides is 1. The number of nitrogens with zero attached hydrogens (tertiary/aromatic N) is 4. The van der Waals surface area contributed by atoms with Gasteiger partial charge in [-0.15, -0.1) is 0 Å². The van der Waals surface area contributed by atoms with E-state index in [9.17, 15) is 14.9 Å². The number of benzene rings is 1. The number of hydrogen-bond acceptors (Lipinski definition) is 6. The number of nitro groups is 1. The number of carbonyl (C=O) groups is 1. The first-order chi connectivity index (χ1) is 13.0. The van der Waals surface area contributed by atoms with Crippen LogP contribution in [-0.4, -0.2) is 27.8 Å². The van der Waals surface area contributed by atoms with E-state index in [1.54, 1.807) is 42.5 Å². The average molecular weight is 363 g/mol. The Morgan fingerprint density at radius 1 is 1.11 bits per heavy atom. The fraction of sp³-hybridized carbons (Fsp3) is 0.105. The smallest absolute Gasteiger partial charge is 0.287 e. The summed E-state index contributed by atoms with van der Waals surface area (Å²) in [6.45, 7) is 0.507. The molecule has 0 unspecified atom stereocenters. The zero-order chi connectivity index (χ0) is 19.2.